The fourth-order valence-electron chi connectivity index (χ4n) is 1.16. The first-order chi connectivity index (χ1) is 7.15. The number of thiocarbonyl (C=S) groups is 1. The number of rotatable bonds is 5. The number of aromatic nitrogens is 2. The molecule has 2 N–H and O–H groups in total. The quantitative estimate of drug-likeness (QED) is 0.765. The molecule has 0 atom stereocenters. The van der Waals surface area contributed by atoms with Gasteiger partial charge in [0.05, 0.1) is 12.4 Å². The van der Waals surface area contributed by atoms with Crippen LogP contribution in [0.5, 0.6) is 0 Å². The molecule has 0 unspecified atom stereocenters. The van der Waals surface area contributed by atoms with Crippen molar-refractivity contribution >= 4 is 23.0 Å². The van der Waals surface area contributed by atoms with Crippen molar-refractivity contribution in [2.45, 2.75) is 19.8 Å². The lowest BCUT2D eigenvalue weighted by atomic mass is 10.3. The Morgan fingerprint density at radius 3 is 2.67 bits per heavy atom. The molecule has 0 spiro atoms. The standard InChI is InChI=1S/C10H16N4S/c1-3-4-5-14(2)9-7-12-8(6-13-9)10(11)15/h6-7H,3-5H2,1-2H3,(H2,11,15). The Kier molecular flexibility index (Phi) is 4.42. The van der Waals surface area contributed by atoms with Gasteiger partial charge in [-0.05, 0) is 6.42 Å². The molecule has 1 rings (SSSR count). The molecular weight excluding hydrogens is 208 g/mol. The van der Waals surface area contributed by atoms with Gasteiger partial charge in [0, 0.05) is 13.6 Å². The second kappa shape index (κ2) is 5.60. The first-order valence-electron chi connectivity index (χ1n) is 4.98. The van der Waals surface area contributed by atoms with Crippen molar-refractivity contribution in [3.63, 3.8) is 0 Å². The first kappa shape index (κ1) is 11.8. The second-order valence-electron chi connectivity index (χ2n) is 3.40. The summed E-state index contributed by atoms with van der Waals surface area (Å²) in [7, 11) is 2.00. The highest BCUT2D eigenvalue weighted by atomic mass is 32.1. The van der Waals surface area contributed by atoms with E-state index < -0.39 is 0 Å². The van der Waals surface area contributed by atoms with Crippen LogP contribution in [-0.2, 0) is 0 Å². The number of nitrogens with two attached hydrogens (primary N) is 1. The molecule has 0 aliphatic rings. The molecule has 1 heterocycles. The summed E-state index contributed by atoms with van der Waals surface area (Å²) in [5, 5.41) is 0. The van der Waals surface area contributed by atoms with Crippen LogP contribution in [0, 0.1) is 0 Å². The largest absolute Gasteiger partial charge is 0.388 e. The van der Waals surface area contributed by atoms with Gasteiger partial charge in [-0.25, -0.2) is 9.97 Å². The van der Waals surface area contributed by atoms with E-state index in [1.165, 1.54) is 6.42 Å². The summed E-state index contributed by atoms with van der Waals surface area (Å²) < 4.78 is 0. The molecule has 0 aliphatic carbocycles. The van der Waals surface area contributed by atoms with Crippen LogP contribution in [0.1, 0.15) is 25.5 Å². The zero-order valence-electron chi connectivity index (χ0n) is 9.10. The number of hydrogen-bond donors (Lipinski definition) is 1. The lowest BCUT2D eigenvalue weighted by Crippen LogP contribution is -2.20. The summed E-state index contributed by atoms with van der Waals surface area (Å²) in [6.07, 6.45) is 5.63. The Morgan fingerprint density at radius 1 is 1.47 bits per heavy atom. The molecule has 0 fully saturated rings. The number of unbranched alkanes of at least 4 members (excludes halogenated alkanes) is 1. The van der Waals surface area contributed by atoms with Crippen molar-refractivity contribution < 1.29 is 0 Å². The molecule has 0 aliphatic heterocycles. The lowest BCUT2D eigenvalue weighted by molar-refractivity contribution is 0.757. The molecule has 0 saturated carbocycles. The minimum absolute atomic E-state index is 0.283. The van der Waals surface area contributed by atoms with E-state index in [2.05, 4.69) is 21.8 Å². The third-order valence-electron chi connectivity index (χ3n) is 2.13. The van der Waals surface area contributed by atoms with E-state index in [0.29, 0.717) is 5.69 Å². The Labute approximate surface area is 95.5 Å². The Hall–Kier alpha value is -1.23. The SMILES string of the molecule is CCCCN(C)c1cnc(C(N)=S)cn1. The number of nitrogens with zero attached hydrogens (tertiary/aromatic N) is 3. The molecule has 0 aromatic carbocycles. The van der Waals surface area contributed by atoms with E-state index in [9.17, 15) is 0 Å². The van der Waals surface area contributed by atoms with Gasteiger partial charge in [-0.15, -0.1) is 0 Å². The monoisotopic (exact) mass is 224 g/mol. The average molecular weight is 224 g/mol. The summed E-state index contributed by atoms with van der Waals surface area (Å²) in [4.78, 5) is 10.7. The first-order valence-corrected chi connectivity index (χ1v) is 5.39. The van der Waals surface area contributed by atoms with Crippen molar-refractivity contribution in [2.75, 3.05) is 18.5 Å². The Bertz CT molecular complexity index is 323. The van der Waals surface area contributed by atoms with Crippen LogP contribution in [0.2, 0.25) is 0 Å². The van der Waals surface area contributed by atoms with Crippen molar-refractivity contribution in [3.05, 3.63) is 18.1 Å². The van der Waals surface area contributed by atoms with Crippen LogP contribution in [-0.4, -0.2) is 28.5 Å². The average Bonchev–Trinajstić information content (AvgIpc) is 2.26. The fourth-order valence-corrected chi connectivity index (χ4v) is 1.26. The normalized spacial score (nSPS) is 10.0. The summed E-state index contributed by atoms with van der Waals surface area (Å²) in [5.41, 5.74) is 6.00. The van der Waals surface area contributed by atoms with E-state index >= 15 is 0 Å². The minimum atomic E-state index is 0.283. The number of hydrogen-bond acceptors (Lipinski definition) is 4. The molecule has 1 aromatic heterocycles. The maximum Gasteiger partial charge on any atom is 0.146 e. The molecular formula is C10H16N4S. The van der Waals surface area contributed by atoms with Gasteiger partial charge in [0.1, 0.15) is 16.5 Å². The van der Waals surface area contributed by atoms with Gasteiger partial charge in [-0.3, -0.25) is 0 Å². The van der Waals surface area contributed by atoms with Gasteiger partial charge in [0.15, 0.2) is 0 Å². The van der Waals surface area contributed by atoms with Crippen LogP contribution in [0.15, 0.2) is 12.4 Å². The predicted octanol–water partition coefficient (Wildman–Crippen LogP) is 1.35. The van der Waals surface area contributed by atoms with E-state index in [4.69, 9.17) is 18.0 Å². The summed E-state index contributed by atoms with van der Waals surface area (Å²) in [6, 6.07) is 0. The van der Waals surface area contributed by atoms with E-state index in [1.807, 2.05) is 7.05 Å². The van der Waals surface area contributed by atoms with Gasteiger partial charge < -0.3 is 10.6 Å². The molecule has 0 saturated heterocycles. The summed E-state index contributed by atoms with van der Waals surface area (Å²) in [6.45, 7) is 3.15. The highest BCUT2D eigenvalue weighted by Gasteiger charge is 2.03. The molecule has 4 nitrogen and oxygen atoms in total. The molecule has 1 aromatic rings. The Balaban J connectivity index is 2.66. The summed E-state index contributed by atoms with van der Waals surface area (Å²) in [5.74, 6) is 0.850. The maximum atomic E-state index is 5.44. The molecule has 15 heavy (non-hydrogen) atoms. The third kappa shape index (κ3) is 3.43. The summed E-state index contributed by atoms with van der Waals surface area (Å²) >= 11 is 4.80. The molecule has 5 heteroatoms. The van der Waals surface area contributed by atoms with E-state index in [1.54, 1.807) is 12.4 Å². The third-order valence-corrected chi connectivity index (χ3v) is 2.34. The highest BCUT2D eigenvalue weighted by Crippen LogP contribution is 2.07. The maximum absolute atomic E-state index is 5.44. The highest BCUT2D eigenvalue weighted by molar-refractivity contribution is 7.80. The molecule has 82 valence electrons. The lowest BCUT2D eigenvalue weighted by Gasteiger charge is -2.16. The van der Waals surface area contributed by atoms with Gasteiger partial charge in [-0.1, -0.05) is 25.6 Å². The van der Waals surface area contributed by atoms with Crippen LogP contribution in [0.25, 0.3) is 0 Å². The second-order valence-corrected chi connectivity index (χ2v) is 3.84. The Morgan fingerprint density at radius 2 is 2.20 bits per heavy atom. The molecule has 0 amide bonds. The van der Waals surface area contributed by atoms with Crippen LogP contribution < -0.4 is 10.6 Å². The zero-order chi connectivity index (χ0) is 11.3. The van der Waals surface area contributed by atoms with Crippen molar-refractivity contribution in [3.8, 4) is 0 Å². The van der Waals surface area contributed by atoms with E-state index in [-0.39, 0.29) is 4.99 Å². The topological polar surface area (TPSA) is 55.0 Å². The fraction of sp³-hybridized carbons (Fsp3) is 0.500. The van der Waals surface area contributed by atoms with Crippen molar-refractivity contribution in [1.29, 1.82) is 0 Å². The van der Waals surface area contributed by atoms with Crippen LogP contribution >= 0.6 is 12.2 Å². The molecule has 0 bridgehead atoms. The van der Waals surface area contributed by atoms with Gasteiger partial charge in [0.2, 0.25) is 0 Å². The van der Waals surface area contributed by atoms with Gasteiger partial charge in [0.25, 0.3) is 0 Å². The number of anilines is 1. The smallest absolute Gasteiger partial charge is 0.146 e. The van der Waals surface area contributed by atoms with Crippen LogP contribution in [0.3, 0.4) is 0 Å². The predicted molar refractivity (Wildman–Crippen MR) is 66.1 cm³/mol. The van der Waals surface area contributed by atoms with Crippen molar-refractivity contribution in [2.24, 2.45) is 5.73 Å². The molecule has 0 radical (unpaired) electrons. The van der Waals surface area contributed by atoms with Gasteiger partial charge >= 0.3 is 0 Å². The minimum Gasteiger partial charge on any atom is -0.388 e. The van der Waals surface area contributed by atoms with E-state index in [0.717, 1.165) is 18.8 Å². The van der Waals surface area contributed by atoms with Crippen LogP contribution in [0.4, 0.5) is 5.82 Å². The van der Waals surface area contributed by atoms with Gasteiger partial charge in [-0.2, -0.15) is 0 Å². The zero-order valence-corrected chi connectivity index (χ0v) is 9.92. The van der Waals surface area contributed by atoms with Crippen molar-refractivity contribution in [1.82, 2.24) is 9.97 Å².